The molecule has 0 spiro atoms. The maximum atomic E-state index is 10.7. The lowest BCUT2D eigenvalue weighted by molar-refractivity contribution is -0.152. The fourth-order valence-corrected chi connectivity index (χ4v) is 1.33. The predicted molar refractivity (Wildman–Crippen MR) is 95.6 cm³/mol. The molecule has 11 heteroatoms. The Labute approximate surface area is 150 Å². The summed E-state index contributed by atoms with van der Waals surface area (Å²) in [6, 6.07) is 0. The molecule has 0 unspecified atom stereocenters. The maximum Gasteiger partial charge on any atom is 0.509 e. The van der Waals surface area contributed by atoms with E-state index in [1.54, 1.807) is 6.26 Å². The summed E-state index contributed by atoms with van der Waals surface area (Å²) in [7, 11) is 0. The van der Waals surface area contributed by atoms with Gasteiger partial charge in [0.05, 0.1) is 0 Å². The van der Waals surface area contributed by atoms with Crippen LogP contribution in [0.4, 0.5) is 4.79 Å². The maximum absolute atomic E-state index is 10.7. The molecule has 0 atom stereocenters. The molecule has 7 nitrogen and oxygen atoms in total. The van der Waals surface area contributed by atoms with Crippen LogP contribution in [-0.4, -0.2) is 54.4 Å². The Hall–Kier alpha value is -0.390. The Morgan fingerprint density at radius 3 is 1.73 bits per heavy atom. The number of ether oxygens (including phenoxy) is 4. The largest absolute Gasteiger partial charge is 0.509 e. The molecule has 0 radical (unpaired) electrons. The van der Waals surface area contributed by atoms with E-state index in [2.05, 4.69) is 44.2 Å². The van der Waals surface area contributed by atoms with Crippen LogP contribution in [0.15, 0.2) is 0 Å². The average molecular weight is 395 g/mol. The second-order valence-corrected chi connectivity index (χ2v) is 4.96. The van der Waals surface area contributed by atoms with Gasteiger partial charge in [-0.2, -0.15) is 0 Å². The summed E-state index contributed by atoms with van der Waals surface area (Å²) in [5.41, 5.74) is 0. The summed E-state index contributed by atoms with van der Waals surface area (Å²) in [6.45, 7) is 0. The molecular weight excluding hydrogens is 372 g/mol. The molecule has 0 aromatic carbocycles. The van der Waals surface area contributed by atoms with Crippen LogP contribution in [0.25, 0.3) is 0 Å². The van der Waals surface area contributed by atoms with E-state index in [-0.39, 0.29) is 31.7 Å². The Balaban J connectivity index is -0.000000326. The molecule has 132 valence electrons. The average Bonchev–Trinajstić information content (AvgIpc) is 2.44. The summed E-state index contributed by atoms with van der Waals surface area (Å²) < 4.78 is 17.8. The second kappa shape index (κ2) is 20.6. The Morgan fingerprint density at radius 2 is 1.27 bits per heavy atom. The van der Waals surface area contributed by atoms with Crippen molar-refractivity contribution in [2.45, 2.75) is 13.8 Å². The zero-order valence-corrected chi connectivity index (χ0v) is 15.0. The normalized spacial score (nSPS) is 8.55. The minimum absolute atomic E-state index is 0. The van der Waals surface area contributed by atoms with Gasteiger partial charge in [0.2, 0.25) is 0 Å². The third kappa shape index (κ3) is 21.9. The fourth-order valence-electron chi connectivity index (χ4n) is 0.618. The standard InChI is InChI=1S/C6H10O4S2.C4H8O3S2.CH4/c1-12-4-10-6(8)2-5(7)9-3-11;1-9-3-7-4(5)6-2-8;/h11H,2-4H2,1H3;8H,2-3H2,1H3;1H4. The number of carbonyl (C=O) groups is 3. The summed E-state index contributed by atoms with van der Waals surface area (Å²) in [5, 5.41) is 0. The number of thioether (sulfide) groups is 2. The van der Waals surface area contributed by atoms with E-state index in [0.717, 1.165) is 0 Å². The number of esters is 2. The molecule has 0 N–H and O–H groups in total. The predicted octanol–water partition coefficient (Wildman–Crippen LogP) is 2.65. The van der Waals surface area contributed by atoms with Gasteiger partial charge >= 0.3 is 18.1 Å². The molecule has 0 aliphatic heterocycles. The van der Waals surface area contributed by atoms with Crippen molar-refractivity contribution in [1.29, 1.82) is 0 Å². The molecule has 0 aromatic heterocycles. The molecule has 0 aliphatic carbocycles. The minimum atomic E-state index is -0.667. The van der Waals surface area contributed by atoms with Gasteiger partial charge in [0.1, 0.15) is 30.2 Å². The van der Waals surface area contributed by atoms with E-state index < -0.39 is 18.1 Å². The number of rotatable bonds is 8. The van der Waals surface area contributed by atoms with E-state index in [1.165, 1.54) is 23.5 Å². The topological polar surface area (TPSA) is 88.1 Å². The molecule has 0 bridgehead atoms. The zero-order valence-electron chi connectivity index (χ0n) is 11.6. The van der Waals surface area contributed by atoms with E-state index in [0.29, 0.717) is 5.94 Å². The lowest BCUT2D eigenvalue weighted by Gasteiger charge is -2.01. The highest BCUT2D eigenvalue weighted by atomic mass is 32.2. The van der Waals surface area contributed by atoms with Gasteiger partial charge in [-0.25, -0.2) is 4.79 Å². The first-order valence-corrected chi connectivity index (χ1v) is 9.37. The van der Waals surface area contributed by atoms with E-state index in [1.807, 2.05) is 6.26 Å². The molecule has 0 aliphatic rings. The molecule has 22 heavy (non-hydrogen) atoms. The van der Waals surface area contributed by atoms with E-state index >= 15 is 0 Å². The number of thiol groups is 2. The number of hydrogen-bond donors (Lipinski definition) is 2. The van der Waals surface area contributed by atoms with Gasteiger partial charge in [0, 0.05) is 0 Å². The fraction of sp³-hybridized carbons (Fsp3) is 0.727. The van der Waals surface area contributed by atoms with Crippen LogP contribution in [0.3, 0.4) is 0 Å². The smallest absolute Gasteiger partial charge is 0.454 e. The third-order valence-electron chi connectivity index (χ3n) is 1.33. The highest BCUT2D eigenvalue weighted by Gasteiger charge is 2.10. The van der Waals surface area contributed by atoms with Crippen molar-refractivity contribution >= 4 is 66.9 Å². The van der Waals surface area contributed by atoms with Crippen LogP contribution < -0.4 is 0 Å². The highest BCUT2D eigenvalue weighted by Crippen LogP contribution is 1.97. The molecule has 0 saturated heterocycles. The zero-order chi connectivity index (χ0) is 16.5. The van der Waals surface area contributed by atoms with Gasteiger partial charge in [0.25, 0.3) is 0 Å². The summed E-state index contributed by atoms with van der Waals surface area (Å²) in [4.78, 5) is 31.7. The molecular formula is C11H22O7S4. The second-order valence-electron chi connectivity index (χ2n) is 2.82. The number of hydrogen-bond acceptors (Lipinski definition) is 11. The minimum Gasteiger partial charge on any atom is -0.454 e. The van der Waals surface area contributed by atoms with Gasteiger partial charge in [-0.05, 0) is 12.5 Å². The van der Waals surface area contributed by atoms with Crippen LogP contribution in [0.5, 0.6) is 0 Å². The van der Waals surface area contributed by atoms with Gasteiger partial charge in [0.15, 0.2) is 0 Å². The van der Waals surface area contributed by atoms with Crippen LogP contribution in [-0.2, 0) is 28.5 Å². The number of carbonyl (C=O) groups excluding carboxylic acids is 3. The SMILES string of the molecule is C.CSCOC(=O)CC(=O)OCS.CSCOC(=O)OCS. The first-order chi connectivity index (χ1) is 10.0. The van der Waals surface area contributed by atoms with Crippen molar-refractivity contribution in [1.82, 2.24) is 0 Å². The quantitative estimate of drug-likeness (QED) is 0.212. The Morgan fingerprint density at radius 1 is 0.818 bits per heavy atom. The lowest BCUT2D eigenvalue weighted by atomic mass is 10.4. The van der Waals surface area contributed by atoms with Crippen molar-refractivity contribution in [2.24, 2.45) is 0 Å². The lowest BCUT2D eigenvalue weighted by Crippen LogP contribution is -2.13. The van der Waals surface area contributed by atoms with Gasteiger partial charge in [-0.1, -0.05) is 7.43 Å². The first kappa shape index (κ1) is 26.5. The molecule has 0 amide bonds. The highest BCUT2D eigenvalue weighted by molar-refractivity contribution is 7.98. The molecule has 0 rings (SSSR count). The van der Waals surface area contributed by atoms with Crippen LogP contribution in [0.1, 0.15) is 13.8 Å². The van der Waals surface area contributed by atoms with E-state index in [4.69, 9.17) is 0 Å². The van der Waals surface area contributed by atoms with Crippen LogP contribution in [0, 0.1) is 0 Å². The van der Waals surface area contributed by atoms with Crippen molar-refractivity contribution in [2.75, 3.05) is 36.3 Å². The van der Waals surface area contributed by atoms with Crippen molar-refractivity contribution < 1.29 is 33.3 Å². The Kier molecular flexibility index (Phi) is 24.8. The molecule has 0 saturated carbocycles. The molecule has 0 fully saturated rings. The summed E-state index contributed by atoms with van der Waals surface area (Å²) in [5.74, 6) is -0.561. The summed E-state index contributed by atoms with van der Waals surface area (Å²) >= 11 is 10.1. The Bertz CT molecular complexity index is 302. The summed E-state index contributed by atoms with van der Waals surface area (Å²) in [6.07, 6.45) is 2.60. The van der Waals surface area contributed by atoms with Crippen LogP contribution >= 0.6 is 48.8 Å². The van der Waals surface area contributed by atoms with Crippen molar-refractivity contribution in [3.63, 3.8) is 0 Å². The third-order valence-corrected chi connectivity index (χ3v) is 2.29. The van der Waals surface area contributed by atoms with Gasteiger partial charge in [-0.3, -0.25) is 9.59 Å². The molecule has 0 aromatic rings. The van der Waals surface area contributed by atoms with Crippen molar-refractivity contribution in [3.8, 4) is 0 Å². The van der Waals surface area contributed by atoms with Crippen LogP contribution in [0.2, 0.25) is 0 Å². The molecule has 0 heterocycles. The van der Waals surface area contributed by atoms with E-state index in [9.17, 15) is 14.4 Å². The van der Waals surface area contributed by atoms with Gasteiger partial charge < -0.3 is 18.9 Å². The first-order valence-electron chi connectivity index (χ1n) is 5.32. The monoisotopic (exact) mass is 394 g/mol. The van der Waals surface area contributed by atoms with Crippen molar-refractivity contribution in [3.05, 3.63) is 0 Å². The van der Waals surface area contributed by atoms with Gasteiger partial charge in [-0.15, -0.1) is 48.8 Å².